The smallest absolute Gasteiger partial charge is 0.223 e. The number of halogens is 1. The van der Waals surface area contributed by atoms with E-state index >= 15 is 0 Å². The first kappa shape index (κ1) is 14.2. The van der Waals surface area contributed by atoms with Crippen molar-refractivity contribution in [2.45, 2.75) is 40.3 Å². The van der Waals surface area contributed by atoms with E-state index in [9.17, 15) is 0 Å². The maximum absolute atomic E-state index is 4.93. The van der Waals surface area contributed by atoms with Crippen molar-refractivity contribution in [2.24, 2.45) is 0 Å². The van der Waals surface area contributed by atoms with Gasteiger partial charge in [0.1, 0.15) is 0 Å². The van der Waals surface area contributed by atoms with Crippen LogP contribution in [-0.4, -0.2) is 26.5 Å². The number of nitrogens with zero attached hydrogens (tertiary/aromatic N) is 4. The van der Waals surface area contributed by atoms with E-state index in [1.165, 1.54) is 5.69 Å². The SMILES string of the molecule is CCn1nc(C)c(Br)c1CNCCc1noc(C)n1. The number of aromatic nitrogens is 4. The molecule has 0 bridgehead atoms. The summed E-state index contributed by atoms with van der Waals surface area (Å²) in [5.41, 5.74) is 2.19. The molecule has 0 fully saturated rings. The Balaban J connectivity index is 1.85. The summed E-state index contributed by atoms with van der Waals surface area (Å²) < 4.78 is 8.01. The van der Waals surface area contributed by atoms with E-state index in [4.69, 9.17) is 4.52 Å². The number of hydrogen-bond donors (Lipinski definition) is 1. The zero-order valence-electron chi connectivity index (χ0n) is 11.4. The second kappa shape index (κ2) is 6.29. The van der Waals surface area contributed by atoms with Gasteiger partial charge in [0.25, 0.3) is 0 Å². The van der Waals surface area contributed by atoms with E-state index in [1.54, 1.807) is 6.92 Å². The molecule has 0 radical (unpaired) electrons. The van der Waals surface area contributed by atoms with Crippen LogP contribution in [0.15, 0.2) is 9.00 Å². The number of rotatable bonds is 6. The monoisotopic (exact) mass is 327 g/mol. The molecule has 0 atom stereocenters. The van der Waals surface area contributed by atoms with Gasteiger partial charge < -0.3 is 9.84 Å². The summed E-state index contributed by atoms with van der Waals surface area (Å²) in [7, 11) is 0. The lowest BCUT2D eigenvalue weighted by molar-refractivity contribution is 0.387. The van der Waals surface area contributed by atoms with E-state index < -0.39 is 0 Å². The highest BCUT2D eigenvalue weighted by atomic mass is 79.9. The molecule has 6 nitrogen and oxygen atoms in total. The fourth-order valence-electron chi connectivity index (χ4n) is 1.89. The summed E-state index contributed by atoms with van der Waals surface area (Å²) >= 11 is 3.58. The van der Waals surface area contributed by atoms with Gasteiger partial charge in [0.05, 0.1) is 15.9 Å². The first-order valence-electron chi connectivity index (χ1n) is 6.33. The Kier molecular flexibility index (Phi) is 4.71. The van der Waals surface area contributed by atoms with Crippen molar-refractivity contribution in [1.82, 2.24) is 25.2 Å². The molecule has 2 aromatic rings. The molecular formula is C12H18BrN5O. The molecule has 0 aromatic carbocycles. The molecule has 1 N–H and O–H groups in total. The van der Waals surface area contributed by atoms with Gasteiger partial charge in [-0.3, -0.25) is 4.68 Å². The summed E-state index contributed by atoms with van der Waals surface area (Å²) in [6, 6.07) is 0. The predicted molar refractivity (Wildman–Crippen MR) is 74.8 cm³/mol. The lowest BCUT2D eigenvalue weighted by Gasteiger charge is -2.06. The quantitative estimate of drug-likeness (QED) is 0.822. The highest BCUT2D eigenvalue weighted by Gasteiger charge is 2.11. The average Bonchev–Trinajstić information content (AvgIpc) is 2.92. The number of nitrogens with one attached hydrogen (secondary N) is 1. The van der Waals surface area contributed by atoms with Crippen LogP contribution in [0.25, 0.3) is 0 Å². The Morgan fingerprint density at radius 3 is 2.79 bits per heavy atom. The second-order valence-electron chi connectivity index (χ2n) is 4.32. The molecule has 2 aromatic heterocycles. The van der Waals surface area contributed by atoms with Crippen molar-refractivity contribution >= 4 is 15.9 Å². The third-order valence-electron chi connectivity index (χ3n) is 2.84. The van der Waals surface area contributed by atoms with E-state index in [2.05, 4.69) is 43.4 Å². The summed E-state index contributed by atoms with van der Waals surface area (Å²) in [6.07, 6.45) is 0.758. The standard InChI is InChI=1S/C12H18BrN5O/c1-4-18-10(12(13)8(2)16-18)7-14-6-5-11-15-9(3)19-17-11/h14H,4-7H2,1-3H3. The van der Waals surface area contributed by atoms with Crippen LogP contribution in [0.4, 0.5) is 0 Å². The predicted octanol–water partition coefficient (Wildman–Crippen LogP) is 2.00. The molecule has 0 aliphatic heterocycles. The van der Waals surface area contributed by atoms with E-state index in [1.807, 2.05) is 11.6 Å². The minimum absolute atomic E-state index is 0.609. The van der Waals surface area contributed by atoms with Gasteiger partial charge >= 0.3 is 0 Å². The molecule has 104 valence electrons. The Morgan fingerprint density at radius 1 is 1.37 bits per heavy atom. The van der Waals surface area contributed by atoms with E-state index in [0.717, 1.165) is 42.0 Å². The third-order valence-corrected chi connectivity index (χ3v) is 3.87. The molecule has 0 aliphatic carbocycles. The molecule has 0 amide bonds. The molecule has 19 heavy (non-hydrogen) atoms. The number of hydrogen-bond acceptors (Lipinski definition) is 5. The van der Waals surface area contributed by atoms with Gasteiger partial charge in [-0.15, -0.1) is 0 Å². The minimum atomic E-state index is 0.609. The summed E-state index contributed by atoms with van der Waals surface area (Å²) in [5, 5.41) is 11.7. The van der Waals surface area contributed by atoms with E-state index in [0.29, 0.717) is 5.89 Å². The van der Waals surface area contributed by atoms with Crippen molar-refractivity contribution in [3.8, 4) is 0 Å². The lowest BCUT2D eigenvalue weighted by Crippen LogP contribution is -2.20. The fourth-order valence-corrected chi connectivity index (χ4v) is 2.31. The van der Waals surface area contributed by atoms with Crippen LogP contribution < -0.4 is 5.32 Å². The third kappa shape index (κ3) is 3.42. The van der Waals surface area contributed by atoms with Crippen LogP contribution in [0, 0.1) is 13.8 Å². The molecule has 0 aliphatic rings. The van der Waals surface area contributed by atoms with Crippen LogP contribution in [-0.2, 0) is 19.5 Å². The topological polar surface area (TPSA) is 68.8 Å². The molecule has 2 rings (SSSR count). The average molecular weight is 328 g/mol. The maximum Gasteiger partial charge on any atom is 0.223 e. The fraction of sp³-hybridized carbons (Fsp3) is 0.583. The zero-order chi connectivity index (χ0) is 13.8. The van der Waals surface area contributed by atoms with Gasteiger partial charge in [0.2, 0.25) is 5.89 Å². The molecule has 0 saturated carbocycles. The maximum atomic E-state index is 4.93. The Hall–Kier alpha value is -1.21. The van der Waals surface area contributed by atoms with Gasteiger partial charge in [-0.1, -0.05) is 5.16 Å². The highest BCUT2D eigenvalue weighted by Crippen LogP contribution is 2.20. The van der Waals surface area contributed by atoms with Gasteiger partial charge in [0.15, 0.2) is 5.82 Å². The minimum Gasteiger partial charge on any atom is -0.340 e. The van der Waals surface area contributed by atoms with Crippen molar-refractivity contribution in [1.29, 1.82) is 0 Å². The second-order valence-corrected chi connectivity index (χ2v) is 5.11. The molecule has 0 unspecified atom stereocenters. The van der Waals surface area contributed by atoms with Crippen LogP contribution in [0.5, 0.6) is 0 Å². The van der Waals surface area contributed by atoms with Gasteiger partial charge in [0, 0.05) is 33.0 Å². The Morgan fingerprint density at radius 2 is 2.16 bits per heavy atom. The molecule has 0 spiro atoms. The van der Waals surface area contributed by atoms with E-state index in [-0.39, 0.29) is 0 Å². The van der Waals surface area contributed by atoms with Crippen molar-refractivity contribution in [2.75, 3.05) is 6.54 Å². The largest absolute Gasteiger partial charge is 0.340 e. The molecular weight excluding hydrogens is 310 g/mol. The Labute approximate surface area is 120 Å². The van der Waals surface area contributed by atoms with Gasteiger partial charge in [-0.05, 0) is 29.8 Å². The van der Waals surface area contributed by atoms with Crippen molar-refractivity contribution in [3.05, 3.63) is 27.6 Å². The molecule has 7 heteroatoms. The first-order chi connectivity index (χ1) is 9.11. The van der Waals surface area contributed by atoms with Gasteiger partial charge in [-0.25, -0.2) is 0 Å². The summed E-state index contributed by atoms with van der Waals surface area (Å²) in [5.74, 6) is 1.35. The van der Waals surface area contributed by atoms with Crippen LogP contribution in [0.1, 0.15) is 30.0 Å². The molecule has 0 saturated heterocycles. The first-order valence-corrected chi connectivity index (χ1v) is 7.12. The molecule has 2 heterocycles. The van der Waals surface area contributed by atoms with Crippen molar-refractivity contribution < 1.29 is 4.52 Å². The summed E-state index contributed by atoms with van der Waals surface area (Å²) in [6.45, 7) is 8.33. The van der Waals surface area contributed by atoms with Crippen LogP contribution >= 0.6 is 15.9 Å². The van der Waals surface area contributed by atoms with Crippen molar-refractivity contribution in [3.63, 3.8) is 0 Å². The lowest BCUT2D eigenvalue weighted by atomic mass is 10.3. The Bertz CT molecular complexity index is 548. The summed E-state index contributed by atoms with van der Waals surface area (Å²) in [4.78, 5) is 4.17. The zero-order valence-corrected chi connectivity index (χ0v) is 13.0. The highest BCUT2D eigenvalue weighted by molar-refractivity contribution is 9.10. The van der Waals surface area contributed by atoms with Gasteiger partial charge in [-0.2, -0.15) is 10.1 Å². The normalized spacial score (nSPS) is 11.2. The number of aryl methyl sites for hydroxylation is 3. The van der Waals surface area contributed by atoms with Crippen LogP contribution in [0.2, 0.25) is 0 Å². The van der Waals surface area contributed by atoms with Crippen LogP contribution in [0.3, 0.4) is 0 Å².